The summed E-state index contributed by atoms with van der Waals surface area (Å²) in [4.78, 5) is 29.8. The third-order valence-corrected chi connectivity index (χ3v) is 5.67. The molecule has 0 saturated heterocycles. The Morgan fingerprint density at radius 1 is 1.09 bits per heavy atom. The van der Waals surface area contributed by atoms with Crippen LogP contribution in [-0.2, 0) is 4.79 Å². The lowest BCUT2D eigenvalue weighted by atomic mass is 9.86. The average molecular weight is 425 g/mol. The Balaban J connectivity index is 1.69. The van der Waals surface area contributed by atoms with E-state index in [0.717, 1.165) is 0 Å². The maximum absolute atomic E-state index is 13.0. The van der Waals surface area contributed by atoms with Gasteiger partial charge in [0, 0.05) is 47.1 Å². The van der Waals surface area contributed by atoms with E-state index in [-0.39, 0.29) is 34.3 Å². The number of phenolic OH excluding ortho intramolecular Hbond substituents is 1. The van der Waals surface area contributed by atoms with E-state index in [1.807, 2.05) is 30.3 Å². The van der Waals surface area contributed by atoms with Crippen molar-refractivity contribution in [2.24, 2.45) is 0 Å². The van der Waals surface area contributed by atoms with Gasteiger partial charge in [-0.1, -0.05) is 30.3 Å². The number of esters is 1. The van der Waals surface area contributed by atoms with Crippen LogP contribution in [0.5, 0.6) is 11.5 Å². The normalized spacial score (nSPS) is 15.6. The summed E-state index contributed by atoms with van der Waals surface area (Å²) in [5.41, 5.74) is 2.29. The molecule has 1 atom stereocenters. The monoisotopic (exact) mass is 425 g/mol. The molecular weight excluding hydrogens is 410 g/mol. The Hall–Kier alpha value is -4.46. The van der Waals surface area contributed by atoms with Crippen LogP contribution in [0.2, 0.25) is 0 Å². The van der Waals surface area contributed by atoms with Crippen molar-refractivity contribution in [2.75, 3.05) is 0 Å². The van der Waals surface area contributed by atoms with Crippen molar-refractivity contribution in [3.8, 4) is 22.8 Å². The topological polar surface area (TPSA) is 107 Å². The van der Waals surface area contributed by atoms with E-state index in [1.54, 1.807) is 29.2 Å². The number of fused-ring (bicyclic) bond motifs is 4. The molecule has 156 valence electrons. The number of nitrogens with zero attached hydrogens (tertiary/aromatic N) is 3. The van der Waals surface area contributed by atoms with Crippen molar-refractivity contribution >= 4 is 22.6 Å². The van der Waals surface area contributed by atoms with Crippen molar-refractivity contribution in [3.05, 3.63) is 88.5 Å². The first-order valence-corrected chi connectivity index (χ1v) is 9.98. The smallest absolute Gasteiger partial charge is 0.312 e. The summed E-state index contributed by atoms with van der Waals surface area (Å²) < 4.78 is 13.2. The molecule has 32 heavy (non-hydrogen) atoms. The number of carbonyl (C=O) groups is 1. The molecule has 0 saturated carbocycles. The van der Waals surface area contributed by atoms with Gasteiger partial charge in [-0.2, -0.15) is 5.10 Å². The van der Waals surface area contributed by atoms with Crippen LogP contribution in [0.15, 0.2) is 76.3 Å². The highest BCUT2D eigenvalue weighted by atomic mass is 16.5. The Morgan fingerprint density at radius 2 is 1.94 bits per heavy atom. The van der Waals surface area contributed by atoms with Gasteiger partial charge in [-0.05, 0) is 6.07 Å². The van der Waals surface area contributed by atoms with Crippen LogP contribution in [0.4, 0.5) is 0 Å². The summed E-state index contributed by atoms with van der Waals surface area (Å²) in [6.07, 6.45) is 5.07. The van der Waals surface area contributed by atoms with Gasteiger partial charge in [0.1, 0.15) is 28.2 Å². The molecule has 8 heteroatoms. The van der Waals surface area contributed by atoms with E-state index < -0.39 is 11.9 Å². The molecule has 0 bridgehead atoms. The first-order valence-electron chi connectivity index (χ1n) is 9.98. The molecule has 1 unspecified atom stereocenters. The zero-order chi connectivity index (χ0) is 21.8. The van der Waals surface area contributed by atoms with Gasteiger partial charge < -0.3 is 14.3 Å². The van der Waals surface area contributed by atoms with Crippen LogP contribution in [0.1, 0.15) is 23.5 Å². The minimum absolute atomic E-state index is 0.0179. The molecule has 0 fully saturated rings. The second-order valence-corrected chi connectivity index (χ2v) is 7.57. The minimum Gasteiger partial charge on any atom is -0.507 e. The predicted molar refractivity (Wildman–Crippen MR) is 115 cm³/mol. The number of carbonyl (C=O) groups excluding carboxylic acids is 1. The van der Waals surface area contributed by atoms with Crippen LogP contribution < -0.4 is 10.2 Å². The van der Waals surface area contributed by atoms with Crippen LogP contribution in [0, 0.1) is 0 Å². The summed E-state index contributed by atoms with van der Waals surface area (Å²) in [6.45, 7) is 0. The molecule has 6 rings (SSSR count). The zero-order valence-corrected chi connectivity index (χ0v) is 16.6. The lowest BCUT2D eigenvalue weighted by molar-refractivity contribution is -0.135. The van der Waals surface area contributed by atoms with Gasteiger partial charge in [0.25, 0.3) is 0 Å². The molecule has 0 aliphatic carbocycles. The Kier molecular flexibility index (Phi) is 3.88. The molecule has 5 aromatic rings. The van der Waals surface area contributed by atoms with Crippen molar-refractivity contribution in [2.45, 2.75) is 12.3 Å². The van der Waals surface area contributed by atoms with Gasteiger partial charge in [0.2, 0.25) is 0 Å². The number of aromatic hydroxyl groups is 1. The van der Waals surface area contributed by atoms with E-state index in [0.29, 0.717) is 28.1 Å². The Labute approximate surface area is 180 Å². The molecule has 0 amide bonds. The number of benzene rings is 2. The van der Waals surface area contributed by atoms with Gasteiger partial charge >= 0.3 is 5.97 Å². The van der Waals surface area contributed by atoms with Crippen molar-refractivity contribution < 1.29 is 19.1 Å². The van der Waals surface area contributed by atoms with Crippen molar-refractivity contribution in [3.63, 3.8) is 0 Å². The molecule has 1 N–H and O–H groups in total. The van der Waals surface area contributed by atoms with Gasteiger partial charge in [0.05, 0.1) is 12.6 Å². The SMILES string of the molecule is O=C1CC(c2cnn3cccnc23)c2c(cc(O)c3c(=O)cc(-c4ccccc4)oc23)O1. The largest absolute Gasteiger partial charge is 0.507 e. The lowest BCUT2D eigenvalue weighted by Gasteiger charge is -2.25. The van der Waals surface area contributed by atoms with Crippen LogP contribution in [-0.4, -0.2) is 25.7 Å². The fourth-order valence-electron chi connectivity index (χ4n) is 4.26. The highest BCUT2D eigenvalue weighted by molar-refractivity contribution is 5.93. The Morgan fingerprint density at radius 3 is 2.78 bits per heavy atom. The van der Waals surface area contributed by atoms with Crippen LogP contribution in [0.25, 0.3) is 27.9 Å². The average Bonchev–Trinajstić information content (AvgIpc) is 3.22. The zero-order valence-electron chi connectivity index (χ0n) is 16.6. The molecular formula is C24H15N3O5. The molecule has 0 spiro atoms. The quantitative estimate of drug-likeness (QED) is 0.340. The third-order valence-electron chi connectivity index (χ3n) is 5.67. The van der Waals surface area contributed by atoms with E-state index in [4.69, 9.17) is 9.15 Å². The standard InChI is InChI=1S/C24H15N3O5/c28-16-10-18(13-5-2-1-3-6-13)32-23-21-14(15-12-26-27-8-4-7-25-24(15)27)9-20(30)31-19(21)11-17(29)22(16)23/h1-8,10-12,14,29H,9H2. The maximum Gasteiger partial charge on any atom is 0.312 e. The van der Waals surface area contributed by atoms with Gasteiger partial charge in [-0.25, -0.2) is 9.50 Å². The fraction of sp³-hybridized carbons (Fsp3) is 0.0833. The predicted octanol–water partition coefficient (Wildman–Crippen LogP) is 3.65. The molecule has 2 aromatic carbocycles. The van der Waals surface area contributed by atoms with Crippen molar-refractivity contribution in [1.29, 1.82) is 0 Å². The fourth-order valence-corrected chi connectivity index (χ4v) is 4.26. The third kappa shape index (κ3) is 2.70. The molecule has 8 nitrogen and oxygen atoms in total. The maximum atomic E-state index is 13.0. The second-order valence-electron chi connectivity index (χ2n) is 7.57. The summed E-state index contributed by atoms with van der Waals surface area (Å²) in [5, 5.41) is 14.9. The lowest BCUT2D eigenvalue weighted by Crippen LogP contribution is -2.22. The number of phenols is 1. The highest BCUT2D eigenvalue weighted by Gasteiger charge is 2.35. The number of aromatic nitrogens is 3. The van der Waals surface area contributed by atoms with E-state index in [1.165, 1.54) is 12.1 Å². The molecule has 3 aromatic heterocycles. The molecule has 1 aliphatic heterocycles. The highest BCUT2D eigenvalue weighted by Crippen LogP contribution is 2.46. The minimum atomic E-state index is -0.518. The summed E-state index contributed by atoms with van der Waals surface area (Å²) in [5.74, 6) is -0.781. The van der Waals surface area contributed by atoms with Crippen LogP contribution in [0.3, 0.4) is 0 Å². The summed E-state index contributed by atoms with van der Waals surface area (Å²) in [7, 11) is 0. The second kappa shape index (κ2) is 6.78. The molecule has 4 heterocycles. The molecule has 1 aliphatic rings. The summed E-state index contributed by atoms with van der Waals surface area (Å²) >= 11 is 0. The first-order chi connectivity index (χ1) is 15.6. The van der Waals surface area contributed by atoms with E-state index in [2.05, 4.69) is 10.1 Å². The Bertz CT molecular complexity index is 1590. The van der Waals surface area contributed by atoms with Crippen LogP contribution >= 0.6 is 0 Å². The van der Waals surface area contributed by atoms with Gasteiger partial charge in [-0.3, -0.25) is 9.59 Å². The van der Waals surface area contributed by atoms with Gasteiger partial charge in [0.15, 0.2) is 11.1 Å². The number of hydrogen-bond donors (Lipinski definition) is 1. The summed E-state index contributed by atoms with van der Waals surface area (Å²) in [6, 6.07) is 13.6. The number of ether oxygens (including phenoxy) is 1. The number of rotatable bonds is 2. The van der Waals surface area contributed by atoms with E-state index in [9.17, 15) is 14.7 Å². The van der Waals surface area contributed by atoms with Crippen molar-refractivity contribution in [1.82, 2.24) is 14.6 Å². The first kappa shape index (κ1) is 18.3. The number of hydrogen-bond acceptors (Lipinski definition) is 7. The van der Waals surface area contributed by atoms with Gasteiger partial charge in [-0.15, -0.1) is 0 Å². The van der Waals surface area contributed by atoms with E-state index >= 15 is 0 Å². The molecule has 0 radical (unpaired) electrons.